The summed E-state index contributed by atoms with van der Waals surface area (Å²) in [4.78, 5) is 64.3. The van der Waals surface area contributed by atoms with Gasteiger partial charge in [-0.2, -0.15) is 11.8 Å². The minimum Gasteiger partial charge on any atom is -0.481 e. The Morgan fingerprint density at radius 2 is 1.66 bits per heavy atom. The number of carboxylic acids is 2. The van der Waals surface area contributed by atoms with Crippen molar-refractivity contribution in [3.63, 3.8) is 0 Å². The van der Waals surface area contributed by atoms with E-state index >= 15 is 0 Å². The molecule has 208 valence electrons. The Balaban J connectivity index is 2.29. The van der Waals surface area contributed by atoms with E-state index in [2.05, 4.69) is 20.9 Å². The van der Waals surface area contributed by atoms with Gasteiger partial charge in [0.05, 0.1) is 18.6 Å². The molecule has 0 saturated carbocycles. The number of aromatic amines is 1. The number of amides is 3. The molecule has 5 unspecified atom stereocenters. The van der Waals surface area contributed by atoms with Gasteiger partial charge in [-0.05, 0) is 37.0 Å². The second-order valence-corrected chi connectivity index (χ2v) is 9.72. The quantitative estimate of drug-likeness (QED) is 0.137. The summed E-state index contributed by atoms with van der Waals surface area (Å²) >= 11 is 1.49. The van der Waals surface area contributed by atoms with Crippen molar-refractivity contribution in [1.29, 1.82) is 0 Å². The minimum absolute atomic E-state index is 0.102. The molecule has 14 heteroatoms. The zero-order valence-electron chi connectivity index (χ0n) is 21.0. The second-order valence-electron chi connectivity index (χ2n) is 8.74. The lowest BCUT2D eigenvalue weighted by Gasteiger charge is -2.26. The van der Waals surface area contributed by atoms with Gasteiger partial charge >= 0.3 is 11.9 Å². The summed E-state index contributed by atoms with van der Waals surface area (Å²) < 4.78 is 0. The molecule has 0 aliphatic carbocycles. The summed E-state index contributed by atoms with van der Waals surface area (Å²) in [5.41, 5.74) is 7.23. The highest BCUT2D eigenvalue weighted by Gasteiger charge is 2.33. The third-order valence-electron chi connectivity index (χ3n) is 5.76. The number of aliphatic hydroxyl groups excluding tert-OH is 1. The lowest BCUT2D eigenvalue weighted by molar-refractivity contribution is -0.147. The Bertz CT molecular complexity index is 1150. The van der Waals surface area contributed by atoms with E-state index in [1.54, 1.807) is 30.5 Å². The molecule has 0 spiro atoms. The number of aliphatic carboxylic acids is 2. The van der Waals surface area contributed by atoms with Crippen molar-refractivity contribution in [2.45, 2.75) is 56.5 Å². The van der Waals surface area contributed by atoms with E-state index in [1.807, 2.05) is 6.26 Å². The normalized spacial score (nSPS) is 15.1. The number of benzene rings is 1. The molecule has 9 N–H and O–H groups in total. The molecule has 0 aliphatic heterocycles. The molecule has 2 aromatic rings. The van der Waals surface area contributed by atoms with Crippen LogP contribution in [0.5, 0.6) is 0 Å². The van der Waals surface area contributed by atoms with Crippen molar-refractivity contribution in [3.8, 4) is 0 Å². The molecule has 0 saturated heterocycles. The first-order chi connectivity index (χ1) is 17.9. The zero-order valence-corrected chi connectivity index (χ0v) is 21.8. The predicted octanol–water partition coefficient (Wildman–Crippen LogP) is -0.815. The molecule has 0 radical (unpaired) electrons. The maximum atomic E-state index is 13.1. The molecule has 5 atom stereocenters. The van der Waals surface area contributed by atoms with Crippen LogP contribution >= 0.6 is 11.8 Å². The first-order valence-corrected chi connectivity index (χ1v) is 13.2. The van der Waals surface area contributed by atoms with Crippen molar-refractivity contribution < 1.29 is 39.3 Å². The van der Waals surface area contributed by atoms with Crippen LogP contribution in [0.15, 0.2) is 30.5 Å². The van der Waals surface area contributed by atoms with E-state index in [-0.39, 0.29) is 6.42 Å². The number of hydrogen-bond donors (Lipinski definition) is 8. The fourth-order valence-electron chi connectivity index (χ4n) is 3.68. The van der Waals surface area contributed by atoms with Crippen LogP contribution < -0.4 is 21.7 Å². The highest BCUT2D eigenvalue weighted by molar-refractivity contribution is 7.98. The molecule has 0 fully saturated rings. The number of rotatable bonds is 15. The summed E-state index contributed by atoms with van der Waals surface area (Å²) in [6.45, 7) is 1.28. The van der Waals surface area contributed by atoms with E-state index < -0.39 is 66.4 Å². The number of nitrogens with two attached hydrogens (primary N) is 1. The molecule has 0 bridgehead atoms. The van der Waals surface area contributed by atoms with E-state index in [1.165, 1.54) is 18.7 Å². The van der Waals surface area contributed by atoms with Crippen LogP contribution in [0.25, 0.3) is 10.9 Å². The monoisotopic (exact) mass is 551 g/mol. The van der Waals surface area contributed by atoms with Gasteiger partial charge in [0.2, 0.25) is 17.7 Å². The van der Waals surface area contributed by atoms with Crippen LogP contribution in [-0.4, -0.2) is 92.2 Å². The Hall–Kier alpha value is -3.62. The fourth-order valence-corrected chi connectivity index (χ4v) is 4.17. The first kappa shape index (κ1) is 30.6. The van der Waals surface area contributed by atoms with Gasteiger partial charge < -0.3 is 42.0 Å². The van der Waals surface area contributed by atoms with E-state index in [0.717, 1.165) is 10.9 Å². The van der Waals surface area contributed by atoms with Crippen molar-refractivity contribution in [2.24, 2.45) is 5.73 Å². The molecule has 1 heterocycles. The summed E-state index contributed by atoms with van der Waals surface area (Å²) in [5, 5.41) is 36.3. The maximum Gasteiger partial charge on any atom is 0.326 e. The van der Waals surface area contributed by atoms with Crippen molar-refractivity contribution in [1.82, 2.24) is 20.9 Å². The number of carboxylic acid groups (broad SMARTS) is 2. The van der Waals surface area contributed by atoms with E-state index in [0.29, 0.717) is 17.7 Å². The molecule has 13 nitrogen and oxygen atoms in total. The van der Waals surface area contributed by atoms with Crippen LogP contribution in [0.3, 0.4) is 0 Å². The van der Waals surface area contributed by atoms with Gasteiger partial charge in [0, 0.05) is 23.5 Å². The summed E-state index contributed by atoms with van der Waals surface area (Å²) in [6.07, 6.45) is 1.47. The number of hydrogen-bond acceptors (Lipinski definition) is 8. The molecular weight excluding hydrogens is 518 g/mol. The van der Waals surface area contributed by atoms with Gasteiger partial charge in [-0.15, -0.1) is 0 Å². The lowest BCUT2D eigenvalue weighted by Crippen LogP contribution is -2.60. The number of fused-ring (bicyclic) bond motifs is 1. The number of para-hydroxylation sites is 1. The van der Waals surface area contributed by atoms with Crippen LogP contribution in [0.1, 0.15) is 25.3 Å². The third kappa shape index (κ3) is 8.75. The standard InChI is InChI=1S/C24H33N5O8S/c1-12(30)20(29-21(33)15(25)7-8-38-2)23(35)27-17(22(34)28-18(24(36)37)10-19(31)32)9-13-11-26-16-6-4-3-5-14(13)16/h3-6,11-12,15,17-18,20,26,30H,7-10,25H2,1-2H3,(H,27,35)(H,28,34)(H,29,33)(H,31,32)(H,36,37). The number of nitrogens with one attached hydrogen (secondary N) is 4. The number of thioether (sulfide) groups is 1. The van der Waals surface area contributed by atoms with Crippen molar-refractivity contribution >= 4 is 52.3 Å². The molecular formula is C24H33N5O8S. The third-order valence-corrected chi connectivity index (χ3v) is 6.40. The van der Waals surface area contributed by atoms with Crippen LogP contribution in [0.4, 0.5) is 0 Å². The lowest BCUT2D eigenvalue weighted by atomic mass is 10.0. The minimum atomic E-state index is -1.75. The Labute approximate surface area is 222 Å². The molecule has 0 aliphatic rings. The van der Waals surface area contributed by atoms with Crippen LogP contribution in [0, 0.1) is 0 Å². The van der Waals surface area contributed by atoms with Crippen molar-refractivity contribution in [3.05, 3.63) is 36.0 Å². The highest BCUT2D eigenvalue weighted by Crippen LogP contribution is 2.19. The Kier molecular flexibility index (Phi) is 11.6. The Morgan fingerprint density at radius 3 is 2.26 bits per heavy atom. The van der Waals surface area contributed by atoms with E-state index in [9.17, 15) is 34.2 Å². The molecule has 1 aromatic heterocycles. The predicted molar refractivity (Wildman–Crippen MR) is 140 cm³/mol. The number of aliphatic hydroxyl groups is 1. The largest absolute Gasteiger partial charge is 0.481 e. The topological polar surface area (TPSA) is 224 Å². The Morgan fingerprint density at radius 1 is 1.00 bits per heavy atom. The molecule has 1 aromatic carbocycles. The summed E-state index contributed by atoms with van der Waals surface area (Å²) in [7, 11) is 0. The second kappa shape index (κ2) is 14.4. The molecule has 3 amide bonds. The SMILES string of the molecule is CSCCC(N)C(=O)NC(C(=O)NC(Cc1c[nH]c2ccccc12)C(=O)NC(CC(=O)O)C(=O)O)C(C)O. The van der Waals surface area contributed by atoms with Gasteiger partial charge in [0.25, 0.3) is 0 Å². The van der Waals surface area contributed by atoms with Gasteiger partial charge in [0.1, 0.15) is 18.1 Å². The summed E-state index contributed by atoms with van der Waals surface area (Å²) in [5.74, 6) is -4.92. The fraction of sp³-hybridized carbons (Fsp3) is 0.458. The number of carbonyl (C=O) groups is 5. The van der Waals surface area contributed by atoms with E-state index in [4.69, 9.17) is 10.8 Å². The average molecular weight is 552 g/mol. The highest BCUT2D eigenvalue weighted by atomic mass is 32.2. The number of aromatic nitrogens is 1. The molecule has 2 rings (SSSR count). The zero-order chi connectivity index (χ0) is 28.4. The first-order valence-electron chi connectivity index (χ1n) is 11.8. The summed E-state index contributed by atoms with van der Waals surface area (Å²) in [6, 6.07) is 1.67. The smallest absolute Gasteiger partial charge is 0.326 e. The van der Waals surface area contributed by atoms with Crippen LogP contribution in [-0.2, 0) is 30.4 Å². The van der Waals surface area contributed by atoms with Crippen molar-refractivity contribution in [2.75, 3.05) is 12.0 Å². The number of H-pyrrole nitrogens is 1. The van der Waals surface area contributed by atoms with Gasteiger partial charge in [-0.25, -0.2) is 4.79 Å². The average Bonchev–Trinajstić information content (AvgIpc) is 3.26. The molecule has 38 heavy (non-hydrogen) atoms. The van der Waals surface area contributed by atoms with Gasteiger partial charge in [-0.3, -0.25) is 19.2 Å². The van der Waals surface area contributed by atoms with Crippen LogP contribution in [0.2, 0.25) is 0 Å². The van der Waals surface area contributed by atoms with Gasteiger partial charge in [0.15, 0.2) is 0 Å². The maximum absolute atomic E-state index is 13.1. The van der Waals surface area contributed by atoms with Gasteiger partial charge in [-0.1, -0.05) is 18.2 Å². The number of carbonyl (C=O) groups excluding carboxylic acids is 3.